The number of hydrogen-bond acceptors (Lipinski definition) is 2. The van der Waals surface area contributed by atoms with Crippen LogP contribution in [0.5, 0.6) is 0 Å². The minimum absolute atomic E-state index is 0.0381. The van der Waals surface area contributed by atoms with Crippen LogP contribution in [-0.2, 0) is 9.53 Å². The van der Waals surface area contributed by atoms with Crippen molar-refractivity contribution < 1.29 is 9.53 Å². The first kappa shape index (κ1) is 13.2. The second kappa shape index (κ2) is 5.17. The van der Waals surface area contributed by atoms with E-state index in [9.17, 15) is 4.79 Å². The van der Waals surface area contributed by atoms with Crippen molar-refractivity contribution in [2.45, 2.75) is 18.9 Å². The monoisotopic (exact) mass is 282 g/mol. The van der Waals surface area contributed by atoms with Gasteiger partial charge in [0.2, 0.25) is 0 Å². The van der Waals surface area contributed by atoms with Crippen molar-refractivity contribution in [1.29, 1.82) is 0 Å². The topological polar surface area (TPSA) is 26.3 Å². The molecule has 1 aromatic rings. The van der Waals surface area contributed by atoms with Crippen LogP contribution in [0.2, 0.25) is 0 Å². The molecule has 0 amide bonds. The van der Waals surface area contributed by atoms with E-state index in [-0.39, 0.29) is 16.0 Å². The summed E-state index contributed by atoms with van der Waals surface area (Å²) in [6, 6.07) is 9.65. The standard InChI is InChI=1S/C14H12Cl2O2/c1-8(2)10(9-6-4-3-5-7-9)13-11(15)12(16)14(17)18-13/h3-7,10,13H,1H2,2H3. The molecule has 2 atom stereocenters. The fraction of sp³-hybridized carbons (Fsp3) is 0.214. The maximum Gasteiger partial charge on any atom is 0.351 e. The summed E-state index contributed by atoms with van der Waals surface area (Å²) < 4.78 is 5.23. The van der Waals surface area contributed by atoms with E-state index in [0.29, 0.717) is 0 Å². The first-order chi connectivity index (χ1) is 8.52. The highest BCUT2D eigenvalue weighted by atomic mass is 35.5. The SMILES string of the molecule is C=C(C)C(c1ccccc1)C1OC(=O)C(Cl)=C1Cl. The molecule has 1 aliphatic heterocycles. The molecule has 0 saturated heterocycles. The van der Waals surface area contributed by atoms with Crippen LogP contribution in [0, 0.1) is 0 Å². The largest absolute Gasteiger partial charge is 0.451 e. The maximum atomic E-state index is 11.4. The molecule has 0 aromatic heterocycles. The molecular formula is C14H12Cl2O2. The summed E-state index contributed by atoms with van der Waals surface area (Å²) in [5, 5.41) is 0.211. The number of rotatable bonds is 3. The summed E-state index contributed by atoms with van der Waals surface area (Å²) in [5.41, 5.74) is 1.86. The zero-order valence-corrected chi connectivity index (χ0v) is 11.3. The van der Waals surface area contributed by atoms with Gasteiger partial charge in [0.05, 0.1) is 5.03 Å². The Morgan fingerprint density at radius 2 is 1.94 bits per heavy atom. The quantitative estimate of drug-likeness (QED) is 0.620. The average molecular weight is 283 g/mol. The fourth-order valence-corrected chi connectivity index (χ4v) is 2.43. The summed E-state index contributed by atoms with van der Waals surface area (Å²) in [6.45, 7) is 5.82. The number of benzene rings is 1. The molecule has 0 radical (unpaired) electrons. The number of ether oxygens (including phenoxy) is 1. The molecule has 1 aliphatic rings. The summed E-state index contributed by atoms with van der Waals surface area (Å²) in [6.07, 6.45) is -0.577. The molecule has 2 rings (SSSR count). The van der Waals surface area contributed by atoms with E-state index in [1.807, 2.05) is 37.3 Å². The Kier molecular flexibility index (Phi) is 3.79. The molecule has 4 heteroatoms. The van der Waals surface area contributed by atoms with Gasteiger partial charge in [-0.1, -0.05) is 65.7 Å². The fourth-order valence-electron chi connectivity index (χ4n) is 2.03. The predicted molar refractivity (Wildman–Crippen MR) is 72.6 cm³/mol. The third-order valence-electron chi connectivity index (χ3n) is 2.87. The first-order valence-electron chi connectivity index (χ1n) is 5.49. The van der Waals surface area contributed by atoms with Gasteiger partial charge in [-0.05, 0) is 12.5 Å². The number of esters is 1. The molecule has 0 aliphatic carbocycles. The average Bonchev–Trinajstić information content (AvgIpc) is 2.59. The highest BCUT2D eigenvalue weighted by Gasteiger charge is 2.38. The highest BCUT2D eigenvalue weighted by Crippen LogP contribution is 2.40. The number of cyclic esters (lactones) is 1. The molecule has 18 heavy (non-hydrogen) atoms. The van der Waals surface area contributed by atoms with Crippen LogP contribution in [0.3, 0.4) is 0 Å². The molecule has 0 fully saturated rings. The van der Waals surface area contributed by atoms with Crippen LogP contribution in [0.1, 0.15) is 18.4 Å². The second-order valence-corrected chi connectivity index (χ2v) is 5.01. The number of halogens is 2. The minimum atomic E-state index is -0.577. The van der Waals surface area contributed by atoms with Crippen LogP contribution >= 0.6 is 23.2 Å². The van der Waals surface area contributed by atoms with Gasteiger partial charge in [0.1, 0.15) is 11.1 Å². The van der Waals surface area contributed by atoms with Crippen LogP contribution in [0.4, 0.5) is 0 Å². The van der Waals surface area contributed by atoms with Crippen molar-refractivity contribution in [1.82, 2.24) is 0 Å². The smallest absolute Gasteiger partial charge is 0.351 e. The van der Waals surface area contributed by atoms with Crippen molar-refractivity contribution in [3.63, 3.8) is 0 Å². The summed E-state index contributed by atoms with van der Waals surface area (Å²) in [7, 11) is 0. The number of hydrogen-bond donors (Lipinski definition) is 0. The summed E-state index contributed by atoms with van der Waals surface area (Å²) in [5.74, 6) is -0.757. The minimum Gasteiger partial charge on any atom is -0.451 e. The van der Waals surface area contributed by atoms with E-state index in [2.05, 4.69) is 6.58 Å². The van der Waals surface area contributed by atoms with Gasteiger partial charge in [0.25, 0.3) is 0 Å². The Labute approximate surface area is 116 Å². The van der Waals surface area contributed by atoms with E-state index in [4.69, 9.17) is 27.9 Å². The number of carbonyl (C=O) groups excluding carboxylic acids is 1. The number of carbonyl (C=O) groups is 1. The molecule has 94 valence electrons. The van der Waals surface area contributed by atoms with Crippen molar-refractivity contribution in [3.8, 4) is 0 Å². The zero-order chi connectivity index (χ0) is 13.3. The van der Waals surface area contributed by atoms with Gasteiger partial charge >= 0.3 is 5.97 Å². The van der Waals surface area contributed by atoms with Crippen LogP contribution < -0.4 is 0 Å². The van der Waals surface area contributed by atoms with Crippen molar-refractivity contribution in [2.24, 2.45) is 0 Å². The van der Waals surface area contributed by atoms with Gasteiger partial charge in [-0.3, -0.25) is 0 Å². The van der Waals surface area contributed by atoms with Crippen LogP contribution in [-0.4, -0.2) is 12.1 Å². The van der Waals surface area contributed by atoms with E-state index in [1.165, 1.54) is 0 Å². The van der Waals surface area contributed by atoms with Gasteiger partial charge in [0, 0.05) is 5.92 Å². The molecule has 0 bridgehead atoms. The molecule has 2 nitrogen and oxygen atoms in total. The van der Waals surface area contributed by atoms with Gasteiger partial charge < -0.3 is 4.74 Å². The van der Waals surface area contributed by atoms with E-state index < -0.39 is 12.1 Å². The lowest BCUT2D eigenvalue weighted by Crippen LogP contribution is -2.21. The third-order valence-corrected chi connectivity index (χ3v) is 3.72. The van der Waals surface area contributed by atoms with Crippen LogP contribution in [0.25, 0.3) is 0 Å². The molecule has 0 saturated carbocycles. The molecular weight excluding hydrogens is 271 g/mol. The lowest BCUT2D eigenvalue weighted by molar-refractivity contribution is -0.139. The van der Waals surface area contributed by atoms with Gasteiger partial charge in [-0.2, -0.15) is 0 Å². The Bertz CT molecular complexity index is 520. The first-order valence-corrected chi connectivity index (χ1v) is 6.24. The van der Waals surface area contributed by atoms with Crippen molar-refractivity contribution in [2.75, 3.05) is 0 Å². The molecule has 2 unspecified atom stereocenters. The van der Waals surface area contributed by atoms with E-state index >= 15 is 0 Å². The molecule has 0 spiro atoms. The lowest BCUT2D eigenvalue weighted by Gasteiger charge is -2.23. The Balaban J connectivity index is 2.40. The van der Waals surface area contributed by atoms with Gasteiger partial charge in [0.15, 0.2) is 0 Å². The van der Waals surface area contributed by atoms with Crippen LogP contribution in [0.15, 0.2) is 52.5 Å². The third kappa shape index (κ3) is 2.31. The predicted octanol–water partition coefficient (Wildman–Crippen LogP) is 3.96. The Morgan fingerprint density at radius 3 is 2.39 bits per heavy atom. The van der Waals surface area contributed by atoms with E-state index in [0.717, 1.165) is 11.1 Å². The van der Waals surface area contributed by atoms with E-state index in [1.54, 1.807) is 0 Å². The zero-order valence-electron chi connectivity index (χ0n) is 9.82. The molecule has 0 N–H and O–H groups in total. The Hall–Kier alpha value is -1.25. The maximum absolute atomic E-state index is 11.4. The summed E-state index contributed by atoms with van der Waals surface area (Å²) >= 11 is 11.9. The second-order valence-electron chi connectivity index (χ2n) is 4.22. The molecule has 1 aromatic carbocycles. The van der Waals surface area contributed by atoms with Crippen molar-refractivity contribution in [3.05, 3.63) is 58.1 Å². The highest BCUT2D eigenvalue weighted by molar-refractivity contribution is 6.48. The van der Waals surface area contributed by atoms with Gasteiger partial charge in [-0.15, -0.1) is 0 Å². The summed E-state index contributed by atoms with van der Waals surface area (Å²) in [4.78, 5) is 11.4. The van der Waals surface area contributed by atoms with Crippen molar-refractivity contribution >= 4 is 29.2 Å². The Morgan fingerprint density at radius 1 is 1.33 bits per heavy atom. The lowest BCUT2D eigenvalue weighted by atomic mass is 9.88. The van der Waals surface area contributed by atoms with Gasteiger partial charge in [-0.25, -0.2) is 4.79 Å². The normalized spacial score (nSPS) is 20.8. The molecule has 1 heterocycles.